The lowest BCUT2D eigenvalue weighted by Crippen LogP contribution is -2.24. The van der Waals surface area contributed by atoms with E-state index in [0.717, 1.165) is 28.7 Å². The van der Waals surface area contributed by atoms with Gasteiger partial charge in [0.05, 0.1) is 5.75 Å². The lowest BCUT2D eigenvalue weighted by molar-refractivity contribution is -0.118. The molecule has 3 aromatic rings. The van der Waals surface area contributed by atoms with E-state index >= 15 is 0 Å². The largest absolute Gasteiger partial charge is 0.351 e. The smallest absolute Gasteiger partial charge is 0.230 e. The van der Waals surface area contributed by atoms with E-state index in [-0.39, 0.29) is 5.91 Å². The first-order valence-electron chi connectivity index (χ1n) is 9.31. The quantitative estimate of drug-likeness (QED) is 0.589. The Kier molecular flexibility index (Phi) is 6.81. The van der Waals surface area contributed by atoms with Crippen LogP contribution >= 0.6 is 11.8 Å². The number of pyridine rings is 1. The molecular weight excluding hydrogens is 370 g/mol. The third-order valence-corrected chi connectivity index (χ3v) is 5.09. The van der Waals surface area contributed by atoms with Crippen molar-refractivity contribution in [1.82, 2.24) is 25.1 Å². The summed E-state index contributed by atoms with van der Waals surface area (Å²) in [5, 5.41) is 12.4. The molecule has 0 aliphatic rings. The van der Waals surface area contributed by atoms with Crippen molar-refractivity contribution < 1.29 is 4.79 Å². The lowest BCUT2D eigenvalue weighted by atomic mass is 10.1. The molecule has 1 aromatic carbocycles. The van der Waals surface area contributed by atoms with Gasteiger partial charge in [-0.05, 0) is 30.5 Å². The average molecular weight is 396 g/mol. The predicted octanol–water partition coefficient (Wildman–Crippen LogP) is 3.71. The molecule has 6 nitrogen and oxygen atoms in total. The van der Waals surface area contributed by atoms with Crippen LogP contribution in [0.15, 0.2) is 53.9 Å². The molecule has 28 heavy (non-hydrogen) atoms. The van der Waals surface area contributed by atoms with Crippen molar-refractivity contribution in [1.29, 1.82) is 0 Å². The van der Waals surface area contributed by atoms with E-state index in [1.807, 2.05) is 43.3 Å². The second kappa shape index (κ2) is 9.50. The first-order chi connectivity index (χ1) is 13.5. The van der Waals surface area contributed by atoms with Crippen molar-refractivity contribution in [2.24, 2.45) is 5.92 Å². The summed E-state index contributed by atoms with van der Waals surface area (Å²) >= 11 is 1.41. The number of amides is 1. The minimum Gasteiger partial charge on any atom is -0.351 e. The van der Waals surface area contributed by atoms with Crippen LogP contribution < -0.4 is 5.32 Å². The van der Waals surface area contributed by atoms with Crippen molar-refractivity contribution in [2.75, 3.05) is 5.75 Å². The van der Waals surface area contributed by atoms with E-state index in [4.69, 9.17) is 0 Å². The van der Waals surface area contributed by atoms with E-state index in [2.05, 4.69) is 38.9 Å². The van der Waals surface area contributed by atoms with Crippen LogP contribution in [0, 0.1) is 12.8 Å². The van der Waals surface area contributed by atoms with Crippen LogP contribution in [0.4, 0.5) is 0 Å². The van der Waals surface area contributed by atoms with Crippen LogP contribution in [0.3, 0.4) is 0 Å². The van der Waals surface area contributed by atoms with Gasteiger partial charge in [-0.2, -0.15) is 0 Å². The molecule has 0 fully saturated rings. The molecule has 146 valence electrons. The second-order valence-corrected chi connectivity index (χ2v) is 8.05. The van der Waals surface area contributed by atoms with Gasteiger partial charge in [0.15, 0.2) is 11.0 Å². The molecule has 0 saturated heterocycles. The maximum Gasteiger partial charge on any atom is 0.230 e. The third-order valence-electron chi connectivity index (χ3n) is 4.13. The first-order valence-corrected chi connectivity index (χ1v) is 10.3. The highest BCUT2D eigenvalue weighted by molar-refractivity contribution is 7.99. The van der Waals surface area contributed by atoms with E-state index in [1.165, 1.54) is 17.3 Å². The van der Waals surface area contributed by atoms with Crippen LogP contribution in [-0.2, 0) is 17.9 Å². The molecule has 0 bridgehead atoms. The zero-order valence-corrected chi connectivity index (χ0v) is 17.2. The molecule has 0 spiro atoms. The average Bonchev–Trinajstić information content (AvgIpc) is 3.08. The number of carbonyl (C=O) groups excluding carboxylic acids is 1. The number of aromatic nitrogens is 4. The van der Waals surface area contributed by atoms with Crippen LogP contribution in [0.25, 0.3) is 11.4 Å². The van der Waals surface area contributed by atoms with Gasteiger partial charge in [0.2, 0.25) is 5.91 Å². The monoisotopic (exact) mass is 395 g/mol. The fourth-order valence-electron chi connectivity index (χ4n) is 2.72. The minimum atomic E-state index is -0.0207. The fourth-order valence-corrected chi connectivity index (χ4v) is 3.50. The molecule has 0 aliphatic heterocycles. The molecule has 1 amide bonds. The Morgan fingerprint density at radius 2 is 1.96 bits per heavy atom. The van der Waals surface area contributed by atoms with E-state index < -0.39 is 0 Å². The van der Waals surface area contributed by atoms with Gasteiger partial charge in [0.1, 0.15) is 0 Å². The predicted molar refractivity (Wildman–Crippen MR) is 112 cm³/mol. The second-order valence-electron chi connectivity index (χ2n) is 7.10. The van der Waals surface area contributed by atoms with Gasteiger partial charge in [-0.1, -0.05) is 55.4 Å². The number of nitrogens with zero attached hydrogens (tertiary/aromatic N) is 4. The van der Waals surface area contributed by atoms with E-state index in [9.17, 15) is 4.79 Å². The summed E-state index contributed by atoms with van der Waals surface area (Å²) < 4.78 is 2.07. The van der Waals surface area contributed by atoms with Gasteiger partial charge in [-0.3, -0.25) is 9.78 Å². The number of carbonyl (C=O) groups is 1. The van der Waals surface area contributed by atoms with Crippen molar-refractivity contribution in [3.63, 3.8) is 0 Å². The summed E-state index contributed by atoms with van der Waals surface area (Å²) in [6, 6.07) is 12.0. The third kappa shape index (κ3) is 5.42. The lowest BCUT2D eigenvalue weighted by Gasteiger charge is -2.12. The Balaban J connectivity index is 1.64. The molecule has 0 saturated carbocycles. The SMILES string of the molecule is Cc1ccc(CNC(=O)CSc2nnc(-c3cccnc3)n2CC(C)C)cc1. The maximum atomic E-state index is 12.3. The first kappa shape index (κ1) is 20.1. The van der Waals surface area contributed by atoms with Gasteiger partial charge in [-0.25, -0.2) is 0 Å². The molecule has 1 N–H and O–H groups in total. The van der Waals surface area contributed by atoms with Crippen LogP contribution in [0.2, 0.25) is 0 Å². The fraction of sp³-hybridized carbons (Fsp3) is 0.333. The number of rotatable bonds is 8. The summed E-state index contributed by atoms with van der Waals surface area (Å²) in [5.41, 5.74) is 3.22. The Hall–Kier alpha value is -2.67. The van der Waals surface area contributed by atoms with Gasteiger partial charge in [0, 0.05) is 31.0 Å². The molecule has 0 unspecified atom stereocenters. The van der Waals surface area contributed by atoms with Crippen LogP contribution in [-0.4, -0.2) is 31.4 Å². The van der Waals surface area contributed by atoms with Crippen LogP contribution in [0.5, 0.6) is 0 Å². The molecule has 2 aromatic heterocycles. The highest BCUT2D eigenvalue weighted by Crippen LogP contribution is 2.24. The van der Waals surface area contributed by atoms with Crippen molar-refractivity contribution in [3.05, 3.63) is 59.9 Å². The highest BCUT2D eigenvalue weighted by Gasteiger charge is 2.16. The number of hydrogen-bond donors (Lipinski definition) is 1. The zero-order chi connectivity index (χ0) is 19.9. The number of benzene rings is 1. The van der Waals surface area contributed by atoms with Gasteiger partial charge < -0.3 is 9.88 Å². The molecule has 2 heterocycles. The Bertz CT molecular complexity index is 906. The van der Waals surface area contributed by atoms with Gasteiger partial charge in [-0.15, -0.1) is 10.2 Å². The number of thioether (sulfide) groups is 1. The summed E-state index contributed by atoms with van der Waals surface area (Å²) in [5.74, 6) is 1.49. The Labute approximate surface area is 169 Å². The summed E-state index contributed by atoms with van der Waals surface area (Å²) in [6.07, 6.45) is 3.52. The van der Waals surface area contributed by atoms with Crippen molar-refractivity contribution >= 4 is 17.7 Å². The maximum absolute atomic E-state index is 12.3. The van der Waals surface area contributed by atoms with Crippen molar-refractivity contribution in [2.45, 2.75) is 39.0 Å². The van der Waals surface area contributed by atoms with E-state index in [1.54, 1.807) is 12.4 Å². The van der Waals surface area contributed by atoms with Crippen molar-refractivity contribution in [3.8, 4) is 11.4 Å². The molecule has 3 rings (SSSR count). The number of aryl methyl sites for hydroxylation is 1. The van der Waals surface area contributed by atoms with Gasteiger partial charge in [0.25, 0.3) is 0 Å². The Morgan fingerprint density at radius 3 is 2.64 bits per heavy atom. The summed E-state index contributed by atoms with van der Waals surface area (Å²) in [6.45, 7) is 7.65. The summed E-state index contributed by atoms with van der Waals surface area (Å²) in [7, 11) is 0. The van der Waals surface area contributed by atoms with Gasteiger partial charge >= 0.3 is 0 Å². The summed E-state index contributed by atoms with van der Waals surface area (Å²) in [4.78, 5) is 16.4. The number of nitrogens with one attached hydrogen (secondary N) is 1. The molecule has 0 atom stereocenters. The topological polar surface area (TPSA) is 72.7 Å². The normalized spacial score (nSPS) is 11.0. The van der Waals surface area contributed by atoms with E-state index in [0.29, 0.717) is 18.2 Å². The zero-order valence-electron chi connectivity index (χ0n) is 16.4. The number of hydrogen-bond acceptors (Lipinski definition) is 5. The highest BCUT2D eigenvalue weighted by atomic mass is 32.2. The standard InChI is InChI=1S/C21H25N5OS/c1-15(2)13-26-20(18-5-4-10-22-12-18)24-25-21(26)28-14-19(27)23-11-17-8-6-16(3)7-9-17/h4-10,12,15H,11,13-14H2,1-3H3,(H,23,27). The molecular formula is C21H25N5OS. The minimum absolute atomic E-state index is 0.0207. The Morgan fingerprint density at radius 1 is 1.18 bits per heavy atom. The van der Waals surface area contributed by atoms with Crippen LogP contribution in [0.1, 0.15) is 25.0 Å². The molecule has 0 aliphatic carbocycles. The molecule has 0 radical (unpaired) electrons. The molecule has 7 heteroatoms.